The van der Waals surface area contributed by atoms with E-state index < -0.39 is 11.2 Å². The molecule has 3 heterocycles. The lowest BCUT2D eigenvalue weighted by Crippen LogP contribution is -2.55. The zero-order valence-corrected chi connectivity index (χ0v) is 22.1. The summed E-state index contributed by atoms with van der Waals surface area (Å²) in [4.78, 5) is 32.7. The smallest absolute Gasteiger partial charge is 0.410 e. The second-order valence-corrected chi connectivity index (χ2v) is 11.1. The summed E-state index contributed by atoms with van der Waals surface area (Å²) >= 11 is 0. The highest BCUT2D eigenvalue weighted by molar-refractivity contribution is 5.70. The number of nitrogens with zero attached hydrogens (tertiary/aromatic N) is 3. The topological polar surface area (TPSA) is 90.4 Å². The molecule has 2 aliphatic heterocycles. The number of ether oxygens (including phenoxy) is 4. The molecule has 0 N–H and O–H groups in total. The first-order chi connectivity index (χ1) is 16.3. The standard InChI is InChI=1S/C26H39N3O6/c1-9-20-17(2)14-21(32-15-18-10-12-28(18)23(30)34-25(3,4)5)22(27-20)33-16-19-11-13-29(19)24(31)35-26(6,7)8/h9,14,18-19H,1,10-13,15-16H2,2-8H3/t18-,19-/m0/s1. The maximum Gasteiger partial charge on any atom is 0.410 e. The van der Waals surface area contributed by atoms with E-state index in [1.165, 1.54) is 0 Å². The molecule has 9 heteroatoms. The van der Waals surface area contributed by atoms with Crippen LogP contribution in [-0.2, 0) is 9.47 Å². The van der Waals surface area contributed by atoms with Crippen molar-refractivity contribution in [2.75, 3.05) is 26.3 Å². The molecule has 0 radical (unpaired) electrons. The van der Waals surface area contributed by atoms with Crippen LogP contribution in [0.5, 0.6) is 11.6 Å². The summed E-state index contributed by atoms with van der Waals surface area (Å²) in [5.74, 6) is 0.831. The minimum Gasteiger partial charge on any atom is -0.486 e. The third-order valence-electron chi connectivity index (χ3n) is 5.77. The molecule has 0 unspecified atom stereocenters. The number of hydrogen-bond acceptors (Lipinski definition) is 7. The highest BCUT2D eigenvalue weighted by Crippen LogP contribution is 2.31. The van der Waals surface area contributed by atoms with Gasteiger partial charge in [-0.15, -0.1) is 0 Å². The lowest BCUT2D eigenvalue weighted by Gasteiger charge is -2.41. The third-order valence-corrected chi connectivity index (χ3v) is 5.77. The van der Waals surface area contributed by atoms with Gasteiger partial charge in [-0.25, -0.2) is 14.6 Å². The molecule has 3 rings (SSSR count). The number of aromatic nitrogens is 1. The van der Waals surface area contributed by atoms with Crippen molar-refractivity contribution < 1.29 is 28.5 Å². The second-order valence-electron chi connectivity index (χ2n) is 11.1. The van der Waals surface area contributed by atoms with E-state index in [2.05, 4.69) is 11.6 Å². The Bertz CT molecular complexity index is 950. The SMILES string of the molecule is C=Cc1nc(OC[C@@H]2CCN2C(=O)OC(C)(C)C)c(OC[C@@H]2CCN2C(=O)OC(C)(C)C)cc1C. The number of pyridine rings is 1. The average molecular weight is 490 g/mol. The van der Waals surface area contributed by atoms with Crippen LogP contribution in [0.25, 0.3) is 6.08 Å². The Morgan fingerprint density at radius 3 is 1.86 bits per heavy atom. The number of rotatable bonds is 7. The van der Waals surface area contributed by atoms with Crippen molar-refractivity contribution >= 4 is 18.3 Å². The molecular formula is C26H39N3O6. The summed E-state index contributed by atoms with van der Waals surface area (Å²) in [6, 6.07) is 1.69. The van der Waals surface area contributed by atoms with Crippen molar-refractivity contribution in [2.24, 2.45) is 0 Å². The van der Waals surface area contributed by atoms with Gasteiger partial charge in [-0.3, -0.25) is 0 Å². The molecule has 0 bridgehead atoms. The van der Waals surface area contributed by atoms with E-state index in [0.717, 1.165) is 18.4 Å². The van der Waals surface area contributed by atoms with Gasteiger partial charge in [-0.05, 0) is 79.0 Å². The van der Waals surface area contributed by atoms with Crippen LogP contribution < -0.4 is 9.47 Å². The number of likely N-dealkylation sites (tertiary alicyclic amines) is 2. The Morgan fingerprint density at radius 2 is 1.46 bits per heavy atom. The fourth-order valence-corrected chi connectivity index (χ4v) is 3.71. The molecule has 194 valence electrons. The Balaban J connectivity index is 1.63. The molecule has 0 aromatic carbocycles. The Hall–Kier alpha value is -2.97. The van der Waals surface area contributed by atoms with Crippen LogP contribution in [0.4, 0.5) is 9.59 Å². The van der Waals surface area contributed by atoms with Gasteiger partial charge in [0.2, 0.25) is 0 Å². The largest absolute Gasteiger partial charge is 0.486 e. The monoisotopic (exact) mass is 489 g/mol. The normalized spacial score (nSPS) is 19.9. The zero-order valence-electron chi connectivity index (χ0n) is 22.1. The summed E-state index contributed by atoms with van der Waals surface area (Å²) in [5, 5.41) is 0. The maximum atomic E-state index is 12.4. The van der Waals surface area contributed by atoms with E-state index in [4.69, 9.17) is 18.9 Å². The van der Waals surface area contributed by atoms with E-state index in [1.807, 2.05) is 54.5 Å². The Labute approximate surface area is 208 Å². The predicted molar refractivity (Wildman–Crippen MR) is 133 cm³/mol. The van der Waals surface area contributed by atoms with Crippen LogP contribution >= 0.6 is 0 Å². The van der Waals surface area contributed by atoms with Crippen molar-refractivity contribution in [1.82, 2.24) is 14.8 Å². The summed E-state index contributed by atoms with van der Waals surface area (Å²) in [6.07, 6.45) is 2.64. The van der Waals surface area contributed by atoms with E-state index in [-0.39, 0.29) is 30.9 Å². The molecule has 2 saturated heterocycles. The van der Waals surface area contributed by atoms with Crippen LogP contribution in [0.3, 0.4) is 0 Å². The predicted octanol–water partition coefficient (Wildman–Crippen LogP) is 4.81. The molecular weight excluding hydrogens is 450 g/mol. The first kappa shape index (κ1) is 26.6. The molecule has 0 saturated carbocycles. The van der Waals surface area contributed by atoms with Gasteiger partial charge >= 0.3 is 12.2 Å². The van der Waals surface area contributed by atoms with Crippen molar-refractivity contribution in [1.29, 1.82) is 0 Å². The summed E-state index contributed by atoms with van der Waals surface area (Å²) in [7, 11) is 0. The van der Waals surface area contributed by atoms with E-state index in [1.54, 1.807) is 15.9 Å². The van der Waals surface area contributed by atoms with Gasteiger partial charge in [-0.2, -0.15) is 0 Å². The van der Waals surface area contributed by atoms with Gasteiger partial charge in [0.05, 0.1) is 17.8 Å². The van der Waals surface area contributed by atoms with E-state index in [0.29, 0.717) is 37.0 Å². The molecule has 2 atom stereocenters. The molecule has 2 aliphatic rings. The minimum absolute atomic E-state index is 0.0774. The van der Waals surface area contributed by atoms with Gasteiger partial charge in [-0.1, -0.05) is 6.58 Å². The molecule has 0 aliphatic carbocycles. The van der Waals surface area contributed by atoms with Crippen molar-refractivity contribution in [3.05, 3.63) is 23.9 Å². The van der Waals surface area contributed by atoms with Crippen LogP contribution in [0, 0.1) is 6.92 Å². The number of aryl methyl sites for hydroxylation is 1. The number of amides is 2. The summed E-state index contributed by atoms with van der Waals surface area (Å²) in [6.45, 7) is 18.7. The summed E-state index contributed by atoms with van der Waals surface area (Å²) < 4.78 is 23.1. The summed E-state index contributed by atoms with van der Waals surface area (Å²) in [5.41, 5.74) is 0.503. The molecule has 2 fully saturated rings. The highest BCUT2D eigenvalue weighted by Gasteiger charge is 2.37. The molecule has 0 spiro atoms. The Kier molecular flexibility index (Phi) is 7.87. The van der Waals surface area contributed by atoms with Gasteiger partial charge in [0.1, 0.15) is 24.4 Å². The quantitative estimate of drug-likeness (QED) is 0.543. The fourth-order valence-electron chi connectivity index (χ4n) is 3.71. The van der Waals surface area contributed by atoms with Gasteiger partial charge in [0, 0.05) is 13.1 Å². The van der Waals surface area contributed by atoms with E-state index in [9.17, 15) is 9.59 Å². The van der Waals surface area contributed by atoms with Gasteiger partial charge in [0.15, 0.2) is 5.75 Å². The highest BCUT2D eigenvalue weighted by atomic mass is 16.6. The first-order valence-corrected chi connectivity index (χ1v) is 12.2. The third kappa shape index (κ3) is 7.02. The van der Waals surface area contributed by atoms with Gasteiger partial charge in [0.25, 0.3) is 5.88 Å². The fraction of sp³-hybridized carbons (Fsp3) is 0.654. The zero-order chi connectivity index (χ0) is 26.0. The van der Waals surface area contributed by atoms with Crippen LogP contribution in [-0.4, -0.2) is 76.6 Å². The lowest BCUT2D eigenvalue weighted by molar-refractivity contribution is -0.0173. The number of hydrogen-bond donors (Lipinski definition) is 0. The minimum atomic E-state index is -0.550. The van der Waals surface area contributed by atoms with Crippen molar-refractivity contribution in [2.45, 2.75) is 84.6 Å². The van der Waals surface area contributed by atoms with Crippen LogP contribution in [0.1, 0.15) is 65.6 Å². The van der Waals surface area contributed by atoms with Crippen molar-refractivity contribution in [3.8, 4) is 11.6 Å². The van der Waals surface area contributed by atoms with Gasteiger partial charge < -0.3 is 28.7 Å². The molecule has 2 amide bonds. The molecule has 1 aromatic heterocycles. The second kappa shape index (κ2) is 10.3. The maximum absolute atomic E-state index is 12.4. The Morgan fingerprint density at radius 1 is 0.971 bits per heavy atom. The molecule has 1 aromatic rings. The lowest BCUT2D eigenvalue weighted by atomic mass is 10.1. The van der Waals surface area contributed by atoms with E-state index >= 15 is 0 Å². The number of carbonyl (C=O) groups excluding carboxylic acids is 2. The first-order valence-electron chi connectivity index (χ1n) is 12.2. The molecule has 9 nitrogen and oxygen atoms in total. The van der Waals surface area contributed by atoms with Crippen LogP contribution in [0.2, 0.25) is 0 Å². The van der Waals surface area contributed by atoms with Crippen molar-refractivity contribution in [3.63, 3.8) is 0 Å². The molecule has 35 heavy (non-hydrogen) atoms. The average Bonchev–Trinajstić information content (AvgIpc) is 2.64. The number of carbonyl (C=O) groups is 2. The van der Waals surface area contributed by atoms with Crippen LogP contribution in [0.15, 0.2) is 12.6 Å².